The number of hydrogen-bond acceptors (Lipinski definition) is 2. The van der Waals surface area contributed by atoms with Gasteiger partial charge in [-0.3, -0.25) is 0 Å². The summed E-state index contributed by atoms with van der Waals surface area (Å²) in [6.07, 6.45) is 0. The van der Waals surface area contributed by atoms with Gasteiger partial charge in [0.25, 0.3) is 0 Å². The van der Waals surface area contributed by atoms with Crippen molar-refractivity contribution in [2.24, 2.45) is 0 Å². The summed E-state index contributed by atoms with van der Waals surface area (Å²) in [5, 5.41) is 7.37. The monoisotopic (exact) mass is 764 g/mol. The van der Waals surface area contributed by atoms with Crippen LogP contribution in [0.1, 0.15) is 0 Å². The zero-order valence-corrected chi connectivity index (χ0v) is 32.6. The topological polar surface area (TPSA) is 35.6 Å². The van der Waals surface area contributed by atoms with Crippen molar-refractivity contribution in [2.75, 3.05) is 0 Å². The van der Waals surface area contributed by atoms with Crippen molar-refractivity contribution in [3.8, 4) is 56.4 Å². The summed E-state index contributed by atoms with van der Waals surface area (Å²) in [4.78, 5) is 10.3. The zero-order valence-electron chi connectivity index (χ0n) is 32.6. The predicted octanol–water partition coefficient (Wildman–Crippen LogP) is 14.5. The van der Waals surface area contributed by atoms with Crippen molar-refractivity contribution < 1.29 is 0 Å². The van der Waals surface area contributed by atoms with Gasteiger partial charge in [-0.25, -0.2) is 9.97 Å². The molecule has 60 heavy (non-hydrogen) atoms. The van der Waals surface area contributed by atoms with Gasteiger partial charge < -0.3 is 9.13 Å². The third-order valence-electron chi connectivity index (χ3n) is 11.9. The van der Waals surface area contributed by atoms with Crippen LogP contribution in [0.4, 0.5) is 0 Å². The average molecular weight is 765 g/mol. The first-order valence-corrected chi connectivity index (χ1v) is 20.4. The summed E-state index contributed by atoms with van der Waals surface area (Å²) >= 11 is 0. The van der Waals surface area contributed by atoms with Gasteiger partial charge in [-0.2, -0.15) is 0 Å². The molecule has 3 aromatic heterocycles. The van der Waals surface area contributed by atoms with E-state index in [-0.39, 0.29) is 0 Å². The van der Waals surface area contributed by atoms with E-state index >= 15 is 0 Å². The fraction of sp³-hybridized carbons (Fsp3) is 0. The quantitative estimate of drug-likeness (QED) is 0.169. The van der Waals surface area contributed by atoms with Crippen molar-refractivity contribution in [3.63, 3.8) is 0 Å². The Bertz CT molecular complexity index is 3530. The Balaban J connectivity index is 1.04. The summed E-state index contributed by atoms with van der Waals surface area (Å²) in [7, 11) is 0. The third-order valence-corrected chi connectivity index (χ3v) is 11.9. The number of rotatable bonds is 6. The number of nitrogens with zero attached hydrogens (tertiary/aromatic N) is 4. The average Bonchev–Trinajstić information content (AvgIpc) is 3.84. The molecule has 0 fully saturated rings. The second-order valence-corrected chi connectivity index (χ2v) is 15.4. The van der Waals surface area contributed by atoms with E-state index in [2.05, 4.69) is 215 Å². The maximum atomic E-state index is 5.16. The van der Waals surface area contributed by atoms with Crippen LogP contribution in [0.25, 0.3) is 111 Å². The van der Waals surface area contributed by atoms with Gasteiger partial charge in [0.2, 0.25) is 0 Å². The molecule has 0 unspecified atom stereocenters. The SMILES string of the molecule is c1ccc(-c2cc(-c3ccccc3)nc(-c3cccc(-n4c5ccccc5c5ccc(-c6ccc7c8ccccc8n(-c8cccc9ccccc89)c7c6)cc54)c3)n2)cc1. The lowest BCUT2D eigenvalue weighted by Crippen LogP contribution is -1.98. The number of hydrogen-bond donors (Lipinski definition) is 0. The molecule has 0 amide bonds. The molecule has 12 rings (SSSR count). The Morgan fingerprint density at radius 1 is 0.283 bits per heavy atom. The van der Waals surface area contributed by atoms with E-state index in [1.165, 1.54) is 54.6 Å². The highest BCUT2D eigenvalue weighted by Crippen LogP contribution is 2.40. The van der Waals surface area contributed by atoms with Gasteiger partial charge in [0.1, 0.15) is 0 Å². The fourth-order valence-corrected chi connectivity index (χ4v) is 9.12. The highest BCUT2D eigenvalue weighted by atomic mass is 15.0. The maximum Gasteiger partial charge on any atom is 0.160 e. The molecule has 0 aliphatic carbocycles. The summed E-state index contributed by atoms with van der Waals surface area (Å²) in [6.45, 7) is 0. The fourth-order valence-electron chi connectivity index (χ4n) is 9.12. The number of para-hydroxylation sites is 2. The van der Waals surface area contributed by atoms with Gasteiger partial charge in [0, 0.05) is 49.3 Å². The minimum absolute atomic E-state index is 0.688. The molecule has 0 aliphatic rings. The normalized spacial score (nSPS) is 11.7. The first kappa shape index (κ1) is 34.0. The van der Waals surface area contributed by atoms with E-state index in [0.29, 0.717) is 5.82 Å². The smallest absolute Gasteiger partial charge is 0.160 e. The van der Waals surface area contributed by atoms with Crippen molar-refractivity contribution in [1.82, 2.24) is 19.1 Å². The van der Waals surface area contributed by atoms with Crippen LogP contribution >= 0.6 is 0 Å². The van der Waals surface area contributed by atoms with Crippen LogP contribution in [0.15, 0.2) is 218 Å². The van der Waals surface area contributed by atoms with E-state index in [1.807, 2.05) is 12.1 Å². The van der Waals surface area contributed by atoms with Gasteiger partial charge >= 0.3 is 0 Å². The molecule has 4 nitrogen and oxygen atoms in total. The molecule has 0 N–H and O–H groups in total. The van der Waals surface area contributed by atoms with Gasteiger partial charge in [-0.05, 0) is 65.0 Å². The molecular weight excluding hydrogens is 729 g/mol. The van der Waals surface area contributed by atoms with Gasteiger partial charge in [0.05, 0.1) is 39.1 Å². The van der Waals surface area contributed by atoms with E-state index in [9.17, 15) is 0 Å². The lowest BCUT2D eigenvalue weighted by Gasteiger charge is -2.13. The van der Waals surface area contributed by atoms with Crippen LogP contribution < -0.4 is 0 Å². The predicted molar refractivity (Wildman–Crippen MR) is 250 cm³/mol. The molecule has 0 radical (unpaired) electrons. The van der Waals surface area contributed by atoms with Crippen molar-refractivity contribution in [2.45, 2.75) is 0 Å². The minimum Gasteiger partial charge on any atom is -0.309 e. The Morgan fingerprint density at radius 2 is 0.767 bits per heavy atom. The molecule has 9 aromatic carbocycles. The molecule has 0 atom stereocenters. The number of benzene rings is 9. The molecular formula is C56H36N4. The van der Waals surface area contributed by atoms with Crippen LogP contribution in [-0.4, -0.2) is 19.1 Å². The summed E-state index contributed by atoms with van der Waals surface area (Å²) in [5.41, 5.74) is 14.1. The molecule has 0 spiro atoms. The number of fused-ring (bicyclic) bond motifs is 7. The molecule has 280 valence electrons. The van der Waals surface area contributed by atoms with Crippen LogP contribution in [-0.2, 0) is 0 Å². The Kier molecular flexibility index (Phi) is 7.82. The lowest BCUT2D eigenvalue weighted by molar-refractivity contribution is 1.16. The Morgan fingerprint density at radius 3 is 1.42 bits per heavy atom. The van der Waals surface area contributed by atoms with Gasteiger partial charge in [-0.15, -0.1) is 0 Å². The zero-order chi connectivity index (χ0) is 39.6. The highest BCUT2D eigenvalue weighted by molar-refractivity contribution is 6.13. The lowest BCUT2D eigenvalue weighted by atomic mass is 10.0. The Labute approximate surface area is 346 Å². The molecule has 3 heterocycles. The highest BCUT2D eigenvalue weighted by Gasteiger charge is 2.18. The van der Waals surface area contributed by atoms with E-state index in [4.69, 9.17) is 9.97 Å². The minimum atomic E-state index is 0.688. The first-order valence-electron chi connectivity index (χ1n) is 20.4. The van der Waals surface area contributed by atoms with Crippen molar-refractivity contribution in [3.05, 3.63) is 218 Å². The number of aromatic nitrogens is 4. The van der Waals surface area contributed by atoms with Crippen molar-refractivity contribution in [1.29, 1.82) is 0 Å². The second kappa shape index (κ2) is 13.8. The van der Waals surface area contributed by atoms with E-state index < -0.39 is 0 Å². The van der Waals surface area contributed by atoms with E-state index in [0.717, 1.165) is 50.4 Å². The molecule has 0 aliphatic heterocycles. The largest absolute Gasteiger partial charge is 0.309 e. The van der Waals surface area contributed by atoms with Gasteiger partial charge in [-0.1, -0.05) is 170 Å². The van der Waals surface area contributed by atoms with Gasteiger partial charge in [0.15, 0.2) is 5.82 Å². The molecule has 0 saturated carbocycles. The molecule has 4 heteroatoms. The molecule has 12 aromatic rings. The second-order valence-electron chi connectivity index (χ2n) is 15.4. The summed E-state index contributed by atoms with van der Waals surface area (Å²) < 4.78 is 4.83. The Hall–Kier alpha value is -8.08. The van der Waals surface area contributed by atoms with Crippen molar-refractivity contribution >= 4 is 54.4 Å². The van der Waals surface area contributed by atoms with E-state index in [1.54, 1.807) is 0 Å². The first-order chi connectivity index (χ1) is 29.7. The maximum absolute atomic E-state index is 5.16. The van der Waals surface area contributed by atoms with Crippen LogP contribution in [0, 0.1) is 0 Å². The molecule has 0 saturated heterocycles. The standard InChI is InChI=1S/C56H36N4/c1-3-16-38(17-4-1)49-36-50(39-18-5-2-6-19-39)58-56(57-49)42-21-13-22-43(33-42)59-52-26-11-9-24-45(52)47-31-29-40(34-54(47)59)41-30-32-48-46-25-10-12-27-53(46)60(55(48)35-41)51-28-14-20-37-15-7-8-23-44(37)51/h1-36H. The summed E-state index contributed by atoms with van der Waals surface area (Å²) in [5.74, 6) is 0.688. The van der Waals surface area contributed by atoms with Crippen LogP contribution in [0.5, 0.6) is 0 Å². The van der Waals surface area contributed by atoms with Crippen LogP contribution in [0.2, 0.25) is 0 Å². The molecule has 0 bridgehead atoms. The van der Waals surface area contributed by atoms with Crippen LogP contribution in [0.3, 0.4) is 0 Å². The third kappa shape index (κ3) is 5.53. The summed E-state index contributed by atoms with van der Waals surface area (Å²) in [6, 6.07) is 78.0.